The minimum Gasteiger partial charge on any atom is -0.326 e. The summed E-state index contributed by atoms with van der Waals surface area (Å²) in [6, 6.07) is 5.51. The highest BCUT2D eigenvalue weighted by molar-refractivity contribution is 6.30. The molecule has 0 spiro atoms. The maximum Gasteiger partial charge on any atom is 0.225 e. The first kappa shape index (κ1) is 15.3. The van der Waals surface area contributed by atoms with E-state index in [1.807, 2.05) is 19.1 Å². The van der Waals surface area contributed by atoms with E-state index >= 15 is 0 Å². The van der Waals surface area contributed by atoms with E-state index in [9.17, 15) is 4.79 Å². The Morgan fingerprint density at radius 1 is 1.30 bits per heavy atom. The molecule has 20 heavy (non-hydrogen) atoms. The van der Waals surface area contributed by atoms with Crippen LogP contribution >= 0.6 is 11.6 Å². The Bertz CT molecular complexity index is 470. The second-order valence-electron chi connectivity index (χ2n) is 5.40. The van der Waals surface area contributed by atoms with Gasteiger partial charge in [0.05, 0.1) is 0 Å². The number of piperazine rings is 1. The van der Waals surface area contributed by atoms with Gasteiger partial charge in [-0.25, -0.2) is 0 Å². The summed E-state index contributed by atoms with van der Waals surface area (Å²) in [4.78, 5) is 16.6. The summed E-state index contributed by atoms with van der Waals surface area (Å²) in [6.07, 6.45) is 0.534. The smallest absolute Gasteiger partial charge is 0.225 e. The van der Waals surface area contributed by atoms with Gasteiger partial charge < -0.3 is 15.1 Å². The number of carbonyl (C=O) groups is 1. The summed E-state index contributed by atoms with van der Waals surface area (Å²) in [5.74, 6) is 0.0642. The number of nitrogens with zero attached hydrogens (tertiary/aromatic N) is 2. The van der Waals surface area contributed by atoms with Gasteiger partial charge in [0.1, 0.15) is 0 Å². The molecule has 1 aromatic carbocycles. The number of anilines is 1. The number of aryl methyl sites for hydroxylation is 1. The van der Waals surface area contributed by atoms with Gasteiger partial charge in [-0.1, -0.05) is 11.6 Å². The monoisotopic (exact) mass is 295 g/mol. The van der Waals surface area contributed by atoms with Crippen molar-refractivity contribution in [2.45, 2.75) is 13.3 Å². The lowest BCUT2D eigenvalue weighted by Crippen LogP contribution is -2.45. The molecule has 1 aromatic rings. The van der Waals surface area contributed by atoms with Crippen LogP contribution in [0.4, 0.5) is 5.69 Å². The molecule has 1 aliphatic rings. The Balaban J connectivity index is 1.78. The molecule has 0 aliphatic carbocycles. The molecule has 5 heteroatoms. The van der Waals surface area contributed by atoms with Crippen LogP contribution < -0.4 is 5.32 Å². The fourth-order valence-electron chi connectivity index (χ4n) is 2.31. The molecule has 1 N–H and O–H groups in total. The second kappa shape index (κ2) is 7.07. The minimum absolute atomic E-state index is 0.0642. The number of hydrogen-bond acceptors (Lipinski definition) is 3. The van der Waals surface area contributed by atoms with Gasteiger partial charge in [-0.3, -0.25) is 4.79 Å². The van der Waals surface area contributed by atoms with E-state index in [2.05, 4.69) is 22.2 Å². The maximum absolute atomic E-state index is 12.0. The van der Waals surface area contributed by atoms with Crippen molar-refractivity contribution in [3.8, 4) is 0 Å². The Morgan fingerprint density at radius 3 is 2.65 bits per heavy atom. The molecule has 0 saturated carbocycles. The van der Waals surface area contributed by atoms with E-state index in [-0.39, 0.29) is 5.91 Å². The predicted octanol–water partition coefficient (Wildman–Crippen LogP) is 2.22. The third kappa shape index (κ3) is 4.47. The van der Waals surface area contributed by atoms with Crippen molar-refractivity contribution >= 4 is 23.2 Å². The van der Waals surface area contributed by atoms with Crippen molar-refractivity contribution in [2.24, 2.45) is 0 Å². The predicted molar refractivity (Wildman–Crippen MR) is 83.4 cm³/mol. The van der Waals surface area contributed by atoms with Crippen LogP contribution in [0.1, 0.15) is 12.0 Å². The summed E-state index contributed by atoms with van der Waals surface area (Å²) in [5, 5.41) is 3.64. The molecule has 1 amide bonds. The first-order valence-electron chi connectivity index (χ1n) is 7.01. The summed E-state index contributed by atoms with van der Waals surface area (Å²) in [7, 11) is 2.13. The first-order chi connectivity index (χ1) is 9.54. The van der Waals surface area contributed by atoms with Crippen LogP contribution in [0, 0.1) is 6.92 Å². The highest BCUT2D eigenvalue weighted by Crippen LogP contribution is 2.19. The quantitative estimate of drug-likeness (QED) is 0.925. The fraction of sp³-hybridized carbons (Fsp3) is 0.533. The number of benzene rings is 1. The van der Waals surface area contributed by atoms with Crippen molar-refractivity contribution in [1.82, 2.24) is 9.80 Å². The van der Waals surface area contributed by atoms with Crippen molar-refractivity contribution in [2.75, 3.05) is 45.1 Å². The summed E-state index contributed by atoms with van der Waals surface area (Å²) in [6.45, 7) is 7.03. The van der Waals surface area contributed by atoms with E-state index in [1.54, 1.807) is 6.07 Å². The number of rotatable bonds is 4. The van der Waals surface area contributed by atoms with Crippen LogP contribution in [0.25, 0.3) is 0 Å². The van der Waals surface area contributed by atoms with Gasteiger partial charge in [-0.05, 0) is 37.7 Å². The van der Waals surface area contributed by atoms with Crippen molar-refractivity contribution < 1.29 is 4.79 Å². The maximum atomic E-state index is 12.0. The van der Waals surface area contributed by atoms with E-state index in [1.165, 1.54) is 0 Å². The number of amides is 1. The molecule has 4 nitrogen and oxygen atoms in total. The van der Waals surface area contributed by atoms with Crippen LogP contribution in [0.5, 0.6) is 0 Å². The lowest BCUT2D eigenvalue weighted by molar-refractivity contribution is -0.116. The van der Waals surface area contributed by atoms with Crippen LogP contribution in [0.2, 0.25) is 5.02 Å². The Hall–Kier alpha value is -1.10. The standard InChI is InChI=1S/C15H22ClN3O/c1-12-11-13(16)3-4-14(12)17-15(20)5-6-19-9-7-18(2)8-10-19/h3-4,11H,5-10H2,1-2H3,(H,17,20). The molecule has 0 unspecified atom stereocenters. The SMILES string of the molecule is Cc1cc(Cl)ccc1NC(=O)CCN1CCN(C)CC1. The first-order valence-corrected chi connectivity index (χ1v) is 7.39. The van der Waals surface area contributed by atoms with E-state index in [0.29, 0.717) is 11.4 Å². The number of hydrogen-bond donors (Lipinski definition) is 1. The Morgan fingerprint density at radius 2 is 2.00 bits per heavy atom. The Labute approximate surface area is 125 Å². The van der Waals surface area contributed by atoms with E-state index in [4.69, 9.17) is 11.6 Å². The minimum atomic E-state index is 0.0642. The zero-order chi connectivity index (χ0) is 14.5. The molecule has 2 rings (SSSR count). The van der Waals surface area contributed by atoms with Gasteiger partial charge in [0.25, 0.3) is 0 Å². The van der Waals surface area contributed by atoms with E-state index < -0.39 is 0 Å². The molecular formula is C15H22ClN3O. The molecule has 1 saturated heterocycles. The average molecular weight is 296 g/mol. The molecule has 1 aliphatic heterocycles. The third-order valence-electron chi connectivity index (χ3n) is 3.71. The van der Waals surface area contributed by atoms with Crippen molar-refractivity contribution in [1.29, 1.82) is 0 Å². The highest BCUT2D eigenvalue weighted by atomic mass is 35.5. The van der Waals surface area contributed by atoms with Gasteiger partial charge in [0.2, 0.25) is 5.91 Å². The van der Waals surface area contributed by atoms with Gasteiger partial charge in [0.15, 0.2) is 0 Å². The van der Waals surface area contributed by atoms with Gasteiger partial charge in [0, 0.05) is 49.9 Å². The van der Waals surface area contributed by atoms with Crippen LogP contribution in [0.3, 0.4) is 0 Å². The normalized spacial score (nSPS) is 17.1. The fourth-order valence-corrected chi connectivity index (χ4v) is 2.54. The summed E-state index contributed by atoms with van der Waals surface area (Å²) >= 11 is 5.90. The third-order valence-corrected chi connectivity index (χ3v) is 3.95. The molecular weight excluding hydrogens is 274 g/mol. The van der Waals surface area contributed by atoms with E-state index in [0.717, 1.165) is 44.0 Å². The van der Waals surface area contributed by atoms with Crippen molar-refractivity contribution in [3.63, 3.8) is 0 Å². The lowest BCUT2D eigenvalue weighted by atomic mass is 10.2. The molecule has 0 atom stereocenters. The number of halogens is 1. The van der Waals surface area contributed by atoms with Crippen LogP contribution in [0.15, 0.2) is 18.2 Å². The van der Waals surface area contributed by atoms with Gasteiger partial charge in [-0.15, -0.1) is 0 Å². The summed E-state index contributed by atoms with van der Waals surface area (Å²) in [5.41, 5.74) is 1.84. The number of nitrogens with one attached hydrogen (secondary N) is 1. The zero-order valence-electron chi connectivity index (χ0n) is 12.2. The van der Waals surface area contributed by atoms with Gasteiger partial charge >= 0.3 is 0 Å². The highest BCUT2D eigenvalue weighted by Gasteiger charge is 2.14. The number of likely N-dealkylation sites (N-methyl/N-ethyl adjacent to an activating group) is 1. The van der Waals surface area contributed by atoms with Crippen LogP contribution in [-0.2, 0) is 4.79 Å². The largest absolute Gasteiger partial charge is 0.326 e. The van der Waals surface area contributed by atoms with Crippen molar-refractivity contribution in [3.05, 3.63) is 28.8 Å². The molecule has 0 bridgehead atoms. The molecule has 0 aromatic heterocycles. The second-order valence-corrected chi connectivity index (χ2v) is 5.84. The molecule has 1 fully saturated rings. The van der Waals surface area contributed by atoms with Crippen LogP contribution in [-0.4, -0.2) is 55.5 Å². The topological polar surface area (TPSA) is 35.6 Å². The lowest BCUT2D eigenvalue weighted by Gasteiger charge is -2.32. The zero-order valence-corrected chi connectivity index (χ0v) is 12.9. The average Bonchev–Trinajstić information content (AvgIpc) is 2.41. The number of carbonyl (C=O) groups excluding carboxylic acids is 1. The molecule has 0 radical (unpaired) electrons. The summed E-state index contributed by atoms with van der Waals surface area (Å²) < 4.78 is 0. The Kier molecular flexibility index (Phi) is 5.40. The van der Waals surface area contributed by atoms with Gasteiger partial charge in [-0.2, -0.15) is 0 Å². The molecule has 110 valence electrons. The molecule has 1 heterocycles.